The number of nitrogens with one attached hydrogen (secondary N) is 1. The number of nitrogens with zero attached hydrogens (tertiary/aromatic N) is 2. The molecule has 1 saturated carbocycles. The molecule has 3 rings (SSSR count). The van der Waals surface area contributed by atoms with Crippen molar-refractivity contribution >= 4 is 11.6 Å². The van der Waals surface area contributed by atoms with Gasteiger partial charge in [0, 0.05) is 18.4 Å². The van der Waals surface area contributed by atoms with Gasteiger partial charge in [0.1, 0.15) is 11.2 Å². The Morgan fingerprint density at radius 1 is 1.25 bits per heavy atom. The van der Waals surface area contributed by atoms with Gasteiger partial charge in [-0.1, -0.05) is 39.7 Å². The van der Waals surface area contributed by atoms with E-state index in [1.54, 1.807) is 18.3 Å². The molecule has 0 aliphatic heterocycles. The highest BCUT2D eigenvalue weighted by Gasteiger charge is 2.35. The number of rotatable bonds is 2. The summed E-state index contributed by atoms with van der Waals surface area (Å²) >= 11 is 0. The smallest absolute Gasteiger partial charge is 0.270 e. The van der Waals surface area contributed by atoms with E-state index in [0.717, 1.165) is 19.3 Å². The highest BCUT2D eigenvalue weighted by Crippen LogP contribution is 2.38. The van der Waals surface area contributed by atoms with Gasteiger partial charge >= 0.3 is 0 Å². The second-order valence-corrected chi connectivity index (χ2v) is 7.74. The van der Waals surface area contributed by atoms with Crippen LogP contribution in [0.1, 0.15) is 56.8 Å². The zero-order valence-electron chi connectivity index (χ0n) is 14.6. The van der Waals surface area contributed by atoms with Crippen LogP contribution in [0, 0.1) is 11.3 Å². The molecule has 1 amide bonds. The minimum absolute atomic E-state index is 0.108. The highest BCUT2D eigenvalue weighted by molar-refractivity contribution is 5.94. The van der Waals surface area contributed by atoms with E-state index in [9.17, 15) is 9.59 Å². The van der Waals surface area contributed by atoms with Gasteiger partial charge in [0.05, 0.1) is 0 Å². The summed E-state index contributed by atoms with van der Waals surface area (Å²) in [5.41, 5.74) is 0.470. The fraction of sp³-hybridized carbons (Fsp3) is 0.526. The number of amides is 1. The zero-order valence-corrected chi connectivity index (χ0v) is 14.6. The maximum absolute atomic E-state index is 12.7. The van der Waals surface area contributed by atoms with Crippen LogP contribution in [0.5, 0.6) is 0 Å². The van der Waals surface area contributed by atoms with Crippen LogP contribution in [0.4, 0.5) is 0 Å². The summed E-state index contributed by atoms with van der Waals surface area (Å²) < 4.78 is 1.41. The van der Waals surface area contributed by atoms with Crippen LogP contribution in [-0.2, 0) is 0 Å². The van der Waals surface area contributed by atoms with Gasteiger partial charge in [-0.15, -0.1) is 0 Å². The van der Waals surface area contributed by atoms with Crippen molar-refractivity contribution in [2.75, 3.05) is 0 Å². The molecule has 1 fully saturated rings. The number of fused-ring (bicyclic) bond motifs is 1. The van der Waals surface area contributed by atoms with Gasteiger partial charge in [-0.3, -0.25) is 14.0 Å². The molecule has 0 bridgehead atoms. The number of hydrogen-bond acceptors (Lipinski definition) is 3. The van der Waals surface area contributed by atoms with Crippen molar-refractivity contribution in [2.24, 2.45) is 11.3 Å². The van der Waals surface area contributed by atoms with Gasteiger partial charge in [-0.25, -0.2) is 4.98 Å². The Labute approximate surface area is 142 Å². The summed E-state index contributed by atoms with van der Waals surface area (Å²) in [6.45, 7) is 6.65. The van der Waals surface area contributed by atoms with Crippen LogP contribution in [0.15, 0.2) is 35.4 Å². The van der Waals surface area contributed by atoms with E-state index in [1.165, 1.54) is 17.0 Å². The number of hydrogen-bond donors (Lipinski definition) is 1. The summed E-state index contributed by atoms with van der Waals surface area (Å²) in [6.07, 6.45) is 7.43. The van der Waals surface area contributed by atoms with Gasteiger partial charge in [-0.05, 0) is 36.3 Å². The van der Waals surface area contributed by atoms with Gasteiger partial charge in [-0.2, -0.15) is 0 Å². The first-order chi connectivity index (χ1) is 11.4. The molecule has 5 nitrogen and oxygen atoms in total. The van der Waals surface area contributed by atoms with E-state index in [0.29, 0.717) is 11.6 Å². The van der Waals surface area contributed by atoms with Crippen molar-refractivity contribution in [1.29, 1.82) is 0 Å². The molecule has 0 saturated heterocycles. The molecule has 2 atom stereocenters. The monoisotopic (exact) mass is 327 g/mol. The van der Waals surface area contributed by atoms with Crippen molar-refractivity contribution in [1.82, 2.24) is 14.7 Å². The van der Waals surface area contributed by atoms with E-state index in [-0.39, 0.29) is 28.5 Å². The first-order valence-corrected chi connectivity index (χ1v) is 8.65. The van der Waals surface area contributed by atoms with Crippen molar-refractivity contribution in [3.63, 3.8) is 0 Å². The third-order valence-electron chi connectivity index (χ3n) is 5.05. The minimum atomic E-state index is -0.318. The van der Waals surface area contributed by atoms with E-state index < -0.39 is 0 Å². The molecular weight excluding hydrogens is 302 g/mol. The van der Waals surface area contributed by atoms with E-state index in [2.05, 4.69) is 31.1 Å². The Balaban J connectivity index is 1.87. The third kappa shape index (κ3) is 3.21. The molecule has 2 unspecified atom stereocenters. The van der Waals surface area contributed by atoms with Crippen LogP contribution in [0.3, 0.4) is 0 Å². The second-order valence-electron chi connectivity index (χ2n) is 7.74. The topological polar surface area (TPSA) is 63.5 Å². The molecule has 0 aromatic carbocycles. The van der Waals surface area contributed by atoms with Crippen LogP contribution in [0.2, 0.25) is 0 Å². The van der Waals surface area contributed by atoms with Crippen LogP contribution in [0.25, 0.3) is 5.65 Å². The largest absolute Gasteiger partial charge is 0.349 e. The summed E-state index contributed by atoms with van der Waals surface area (Å²) in [4.78, 5) is 29.5. The Bertz CT molecular complexity index is 804. The van der Waals surface area contributed by atoms with E-state index >= 15 is 0 Å². The van der Waals surface area contributed by atoms with Crippen molar-refractivity contribution < 1.29 is 4.79 Å². The molecule has 128 valence electrons. The predicted molar refractivity (Wildman–Crippen MR) is 94.1 cm³/mol. The molecule has 0 radical (unpaired) electrons. The number of carbonyl (C=O) groups is 1. The molecule has 0 spiro atoms. The minimum Gasteiger partial charge on any atom is -0.349 e. The molecule has 1 N–H and O–H groups in total. The zero-order chi connectivity index (χ0) is 17.3. The second kappa shape index (κ2) is 6.38. The average molecular weight is 327 g/mol. The molecule has 5 heteroatoms. The lowest BCUT2D eigenvalue weighted by Crippen LogP contribution is -2.47. The first kappa shape index (κ1) is 16.7. The Hall–Kier alpha value is -2.17. The molecule has 2 aromatic rings. The van der Waals surface area contributed by atoms with Crippen LogP contribution >= 0.6 is 0 Å². The van der Waals surface area contributed by atoms with E-state index in [4.69, 9.17) is 0 Å². The number of pyridine rings is 1. The standard InChI is InChI=1S/C19H25N3O2/c1-19(2,3)14-8-4-5-9-15(14)21-17(23)13-12-20-16-10-6-7-11-22(16)18(13)24/h6-7,10-12,14-15H,4-5,8-9H2,1-3H3,(H,21,23). The average Bonchev–Trinajstić information content (AvgIpc) is 2.55. The summed E-state index contributed by atoms with van der Waals surface area (Å²) in [5, 5.41) is 3.11. The van der Waals surface area contributed by atoms with Gasteiger partial charge in [0.15, 0.2) is 0 Å². The van der Waals surface area contributed by atoms with Gasteiger partial charge in [0.2, 0.25) is 0 Å². The fourth-order valence-corrected chi connectivity index (χ4v) is 3.77. The maximum Gasteiger partial charge on any atom is 0.270 e. The van der Waals surface area contributed by atoms with Gasteiger partial charge in [0.25, 0.3) is 11.5 Å². The summed E-state index contributed by atoms with van der Waals surface area (Å²) in [5.74, 6) is 0.110. The predicted octanol–water partition coefficient (Wildman–Crippen LogP) is 3.03. The lowest BCUT2D eigenvalue weighted by atomic mass is 9.69. The molecule has 24 heavy (non-hydrogen) atoms. The van der Waals surface area contributed by atoms with Crippen LogP contribution < -0.4 is 10.9 Å². The highest BCUT2D eigenvalue weighted by atomic mass is 16.2. The fourth-order valence-electron chi connectivity index (χ4n) is 3.77. The Kier molecular flexibility index (Phi) is 4.43. The lowest BCUT2D eigenvalue weighted by molar-refractivity contribution is 0.0828. The van der Waals surface area contributed by atoms with Crippen LogP contribution in [-0.4, -0.2) is 21.3 Å². The van der Waals surface area contributed by atoms with Gasteiger partial charge < -0.3 is 5.32 Å². The molecule has 1 aliphatic rings. The quantitative estimate of drug-likeness (QED) is 0.922. The molecule has 2 heterocycles. The Morgan fingerprint density at radius 3 is 2.75 bits per heavy atom. The summed E-state index contributed by atoms with van der Waals surface area (Å²) in [7, 11) is 0. The first-order valence-electron chi connectivity index (χ1n) is 8.65. The SMILES string of the molecule is CC(C)(C)C1CCCCC1NC(=O)c1cnc2ccccn2c1=O. The third-order valence-corrected chi connectivity index (χ3v) is 5.05. The number of aromatic nitrogens is 2. The van der Waals surface area contributed by atoms with Crippen molar-refractivity contribution in [3.05, 3.63) is 46.5 Å². The van der Waals surface area contributed by atoms with Crippen molar-refractivity contribution in [2.45, 2.75) is 52.5 Å². The van der Waals surface area contributed by atoms with Crippen molar-refractivity contribution in [3.8, 4) is 0 Å². The maximum atomic E-state index is 12.7. The Morgan fingerprint density at radius 2 is 2.00 bits per heavy atom. The molecule has 1 aliphatic carbocycles. The number of carbonyl (C=O) groups excluding carboxylic acids is 1. The lowest BCUT2D eigenvalue weighted by Gasteiger charge is -2.40. The summed E-state index contributed by atoms with van der Waals surface area (Å²) in [6, 6.07) is 5.44. The molecular formula is C19H25N3O2. The normalized spacial score (nSPS) is 21.6. The molecule has 2 aromatic heterocycles. The van der Waals surface area contributed by atoms with E-state index in [1.807, 2.05) is 6.07 Å².